The first-order valence-corrected chi connectivity index (χ1v) is 6.48. The van der Waals surface area contributed by atoms with E-state index in [0.29, 0.717) is 16.1 Å². The van der Waals surface area contributed by atoms with Crippen LogP contribution in [0.4, 0.5) is 11.8 Å². The zero-order chi connectivity index (χ0) is 15.6. The monoisotopic (exact) mass is 310 g/mol. The Morgan fingerprint density at radius 3 is 2.33 bits per heavy atom. The molecule has 0 saturated carbocycles. The van der Waals surface area contributed by atoms with E-state index in [9.17, 15) is 10.2 Å². The Balaban J connectivity index is 2.50. The van der Waals surface area contributed by atoms with E-state index in [1.54, 1.807) is 24.3 Å². The molecular formula is C13H15ClN4O3. The molecule has 0 fully saturated rings. The minimum atomic E-state index is -1.47. The van der Waals surface area contributed by atoms with Crippen LogP contribution in [-0.4, -0.2) is 32.6 Å². The summed E-state index contributed by atoms with van der Waals surface area (Å²) in [5, 5.41) is 19.5. The lowest BCUT2D eigenvalue weighted by atomic mass is 10.1. The Labute approximate surface area is 126 Å². The number of nitrogen functional groups attached to an aromatic ring is 2. The van der Waals surface area contributed by atoms with E-state index < -0.39 is 12.4 Å². The van der Waals surface area contributed by atoms with Crippen LogP contribution in [0.15, 0.2) is 24.3 Å². The Hall–Kier alpha value is -2.09. The summed E-state index contributed by atoms with van der Waals surface area (Å²) in [5.74, 6) is -0.0219. The Bertz CT molecular complexity index is 634. The third-order valence-electron chi connectivity index (χ3n) is 2.70. The third-order valence-corrected chi connectivity index (χ3v) is 2.95. The van der Waals surface area contributed by atoms with Crippen LogP contribution in [0, 0.1) is 0 Å². The van der Waals surface area contributed by atoms with E-state index in [-0.39, 0.29) is 17.6 Å². The average molecular weight is 311 g/mol. The fraction of sp³-hybridized carbons (Fsp3) is 0.231. The molecule has 0 bridgehead atoms. The maximum absolute atomic E-state index is 9.64. The lowest BCUT2D eigenvalue weighted by Gasteiger charge is -2.18. The van der Waals surface area contributed by atoms with E-state index >= 15 is 0 Å². The fourth-order valence-corrected chi connectivity index (χ4v) is 1.79. The van der Waals surface area contributed by atoms with Gasteiger partial charge in [-0.2, -0.15) is 9.97 Å². The van der Waals surface area contributed by atoms with Crippen molar-refractivity contribution >= 4 is 23.4 Å². The predicted molar refractivity (Wildman–Crippen MR) is 79.6 cm³/mol. The van der Waals surface area contributed by atoms with E-state index in [2.05, 4.69) is 9.97 Å². The largest absolute Gasteiger partial charge is 0.444 e. The smallest absolute Gasteiger partial charge is 0.230 e. The van der Waals surface area contributed by atoms with Gasteiger partial charge in [-0.05, 0) is 24.6 Å². The summed E-state index contributed by atoms with van der Waals surface area (Å²) in [6.45, 7) is 1.38. The molecular weight excluding hydrogens is 296 g/mol. The first-order valence-electron chi connectivity index (χ1n) is 6.10. The Kier molecular flexibility index (Phi) is 4.46. The maximum atomic E-state index is 9.64. The molecule has 1 heterocycles. The zero-order valence-corrected chi connectivity index (χ0v) is 11.9. The number of nitrogens with two attached hydrogens (primary N) is 2. The Morgan fingerprint density at radius 2 is 1.76 bits per heavy atom. The number of aliphatic hydroxyl groups excluding tert-OH is 2. The van der Waals surface area contributed by atoms with Crippen LogP contribution < -0.4 is 16.2 Å². The van der Waals surface area contributed by atoms with Crippen LogP contribution in [0.2, 0.25) is 5.02 Å². The molecule has 2 atom stereocenters. The third kappa shape index (κ3) is 3.52. The molecule has 8 heteroatoms. The summed E-state index contributed by atoms with van der Waals surface area (Å²) in [6, 6.07) is 6.74. The van der Waals surface area contributed by atoms with Crippen molar-refractivity contribution in [3.63, 3.8) is 0 Å². The van der Waals surface area contributed by atoms with Gasteiger partial charge in [0.1, 0.15) is 11.9 Å². The van der Waals surface area contributed by atoms with Gasteiger partial charge in [0.25, 0.3) is 0 Å². The van der Waals surface area contributed by atoms with Gasteiger partial charge in [0.2, 0.25) is 18.1 Å². The van der Waals surface area contributed by atoms with Crippen molar-refractivity contribution in [1.29, 1.82) is 0 Å². The number of hydrogen-bond donors (Lipinski definition) is 4. The molecule has 2 aromatic rings. The second-order valence-corrected chi connectivity index (χ2v) is 4.84. The highest BCUT2D eigenvalue weighted by atomic mass is 35.5. The summed E-state index contributed by atoms with van der Waals surface area (Å²) in [7, 11) is 0. The van der Waals surface area contributed by atoms with Crippen LogP contribution in [-0.2, 0) is 0 Å². The molecule has 21 heavy (non-hydrogen) atoms. The van der Waals surface area contributed by atoms with Gasteiger partial charge in [0.05, 0.1) is 5.56 Å². The van der Waals surface area contributed by atoms with Gasteiger partial charge in [0.15, 0.2) is 0 Å². The molecule has 1 aromatic carbocycles. The zero-order valence-electron chi connectivity index (χ0n) is 11.2. The topological polar surface area (TPSA) is 128 Å². The van der Waals surface area contributed by atoms with Crippen molar-refractivity contribution in [2.24, 2.45) is 0 Å². The maximum Gasteiger partial charge on any atom is 0.230 e. The number of halogens is 1. The van der Waals surface area contributed by atoms with Crippen molar-refractivity contribution in [3.05, 3.63) is 29.3 Å². The second-order valence-electron chi connectivity index (χ2n) is 4.40. The summed E-state index contributed by atoms with van der Waals surface area (Å²) in [4.78, 5) is 7.79. The van der Waals surface area contributed by atoms with Crippen LogP contribution in [0.5, 0.6) is 5.88 Å². The number of benzene rings is 1. The lowest BCUT2D eigenvalue weighted by Crippen LogP contribution is -2.29. The van der Waals surface area contributed by atoms with E-state index in [1.165, 1.54) is 6.92 Å². The number of aliphatic hydroxyl groups is 2. The van der Waals surface area contributed by atoms with Crippen molar-refractivity contribution in [3.8, 4) is 17.0 Å². The van der Waals surface area contributed by atoms with Crippen LogP contribution in [0.1, 0.15) is 6.92 Å². The van der Waals surface area contributed by atoms with Crippen molar-refractivity contribution < 1.29 is 14.9 Å². The first-order chi connectivity index (χ1) is 9.88. The van der Waals surface area contributed by atoms with Crippen LogP contribution in [0.3, 0.4) is 0 Å². The van der Waals surface area contributed by atoms with Crippen molar-refractivity contribution in [2.75, 3.05) is 11.5 Å². The van der Waals surface area contributed by atoms with Gasteiger partial charge in [-0.15, -0.1) is 0 Å². The average Bonchev–Trinajstić information content (AvgIpc) is 2.39. The first kappa shape index (κ1) is 15.3. The number of anilines is 2. The second kappa shape index (κ2) is 6.13. The molecule has 0 aliphatic carbocycles. The summed E-state index contributed by atoms with van der Waals surface area (Å²) in [5.41, 5.74) is 12.4. The van der Waals surface area contributed by atoms with Gasteiger partial charge in [0, 0.05) is 5.02 Å². The molecule has 6 N–H and O–H groups in total. The molecule has 0 radical (unpaired) electrons. The molecule has 0 aliphatic heterocycles. The predicted octanol–water partition coefficient (Wildman–Crippen LogP) is 1.04. The SMILES string of the molecule is C[C@@H](O)[C@H](O)Oc1nc(N)nc(N)c1-c1ccc(Cl)cc1. The molecule has 0 saturated heterocycles. The molecule has 2 rings (SSSR count). The van der Waals surface area contributed by atoms with Gasteiger partial charge in [-0.1, -0.05) is 23.7 Å². The summed E-state index contributed by atoms with van der Waals surface area (Å²) >= 11 is 5.84. The fourth-order valence-electron chi connectivity index (χ4n) is 1.66. The summed E-state index contributed by atoms with van der Waals surface area (Å²) in [6.07, 6.45) is -2.58. The van der Waals surface area contributed by atoms with Crippen molar-refractivity contribution in [1.82, 2.24) is 9.97 Å². The van der Waals surface area contributed by atoms with E-state index in [0.717, 1.165) is 0 Å². The van der Waals surface area contributed by atoms with Crippen LogP contribution in [0.25, 0.3) is 11.1 Å². The highest BCUT2D eigenvalue weighted by molar-refractivity contribution is 6.30. The highest BCUT2D eigenvalue weighted by Crippen LogP contribution is 2.34. The minimum Gasteiger partial charge on any atom is -0.444 e. The number of rotatable bonds is 4. The molecule has 1 aromatic heterocycles. The number of nitrogens with zero attached hydrogens (tertiary/aromatic N) is 2. The quantitative estimate of drug-likeness (QED) is 0.621. The van der Waals surface area contributed by atoms with Gasteiger partial charge >= 0.3 is 0 Å². The molecule has 7 nitrogen and oxygen atoms in total. The standard InChI is InChI=1S/C13H15ClN4O3/c1-6(19)12(20)21-11-9(10(15)17-13(16)18-11)7-2-4-8(14)5-3-7/h2-6,12,19-20H,1H3,(H4,15,16,17,18)/t6-,12-/m1/s1. The highest BCUT2D eigenvalue weighted by Gasteiger charge is 2.20. The van der Waals surface area contributed by atoms with Gasteiger partial charge in [-0.25, -0.2) is 0 Å². The normalized spacial score (nSPS) is 13.7. The molecule has 0 spiro atoms. The number of ether oxygens (including phenoxy) is 1. The molecule has 0 aliphatic rings. The van der Waals surface area contributed by atoms with Crippen LogP contribution >= 0.6 is 11.6 Å². The molecule has 112 valence electrons. The summed E-state index contributed by atoms with van der Waals surface area (Å²) < 4.78 is 5.21. The number of hydrogen-bond acceptors (Lipinski definition) is 7. The van der Waals surface area contributed by atoms with Gasteiger partial charge in [-0.3, -0.25) is 0 Å². The minimum absolute atomic E-state index is 0.0178. The number of aromatic nitrogens is 2. The Morgan fingerprint density at radius 1 is 1.14 bits per heavy atom. The molecule has 0 amide bonds. The lowest BCUT2D eigenvalue weighted by molar-refractivity contribution is -0.0976. The van der Waals surface area contributed by atoms with Gasteiger partial charge < -0.3 is 26.4 Å². The van der Waals surface area contributed by atoms with E-state index in [4.69, 9.17) is 27.8 Å². The van der Waals surface area contributed by atoms with Crippen molar-refractivity contribution in [2.45, 2.75) is 19.3 Å². The molecule has 0 unspecified atom stereocenters. The van der Waals surface area contributed by atoms with E-state index in [1.807, 2.05) is 0 Å².